The van der Waals surface area contributed by atoms with Crippen LogP contribution in [0.5, 0.6) is 5.75 Å². The lowest BCUT2D eigenvalue weighted by Gasteiger charge is -2.27. The Bertz CT molecular complexity index is 1650. The molecule has 0 bridgehead atoms. The summed E-state index contributed by atoms with van der Waals surface area (Å²) >= 11 is 7.96. The molecule has 2 aromatic heterocycles. The molecule has 9 nitrogen and oxygen atoms in total. The first-order valence-corrected chi connectivity index (χ1v) is 14.7. The summed E-state index contributed by atoms with van der Waals surface area (Å²) in [6.45, 7) is 2.96. The van der Waals surface area contributed by atoms with Crippen molar-refractivity contribution in [3.05, 3.63) is 76.1 Å². The van der Waals surface area contributed by atoms with Crippen molar-refractivity contribution < 1.29 is 23.4 Å². The first kappa shape index (κ1) is 28.2. The summed E-state index contributed by atoms with van der Waals surface area (Å²) in [5, 5.41) is 7.05. The predicted octanol–water partition coefficient (Wildman–Crippen LogP) is 5.36. The van der Waals surface area contributed by atoms with Crippen LogP contribution in [0.15, 0.2) is 54.9 Å². The number of halogens is 2. The fourth-order valence-electron chi connectivity index (χ4n) is 4.65. The highest BCUT2D eigenvalue weighted by atomic mass is 35.5. The third-order valence-electron chi connectivity index (χ3n) is 6.79. The zero-order valence-corrected chi connectivity index (χ0v) is 24.0. The van der Waals surface area contributed by atoms with Gasteiger partial charge in [0.15, 0.2) is 5.82 Å². The molecule has 0 aliphatic carbocycles. The second kappa shape index (κ2) is 12.9. The van der Waals surface area contributed by atoms with Gasteiger partial charge in [-0.25, -0.2) is 19.2 Å². The summed E-state index contributed by atoms with van der Waals surface area (Å²) in [6, 6.07) is 13.4. The van der Waals surface area contributed by atoms with E-state index in [2.05, 4.69) is 32.4 Å². The van der Waals surface area contributed by atoms with Gasteiger partial charge in [-0.05, 0) is 42.0 Å². The number of aromatic nitrogens is 2. The fraction of sp³-hybridized carbons (Fsp3) is 0.300. The molecule has 2 aliphatic heterocycles. The van der Waals surface area contributed by atoms with E-state index in [1.807, 2.05) is 12.1 Å². The Morgan fingerprint density at radius 2 is 2.10 bits per heavy atom. The Morgan fingerprint density at radius 1 is 1.21 bits per heavy atom. The molecule has 2 aliphatic rings. The zero-order chi connectivity index (χ0) is 28.9. The van der Waals surface area contributed by atoms with E-state index in [0.717, 1.165) is 20.8 Å². The van der Waals surface area contributed by atoms with Crippen LogP contribution in [-0.2, 0) is 16.1 Å². The second-order valence-electron chi connectivity index (χ2n) is 9.81. The molecule has 2 atom stereocenters. The molecule has 2 aromatic carbocycles. The van der Waals surface area contributed by atoms with Crippen molar-refractivity contribution in [1.29, 1.82) is 0 Å². The van der Waals surface area contributed by atoms with E-state index in [0.29, 0.717) is 61.4 Å². The van der Waals surface area contributed by atoms with E-state index in [-0.39, 0.29) is 30.7 Å². The predicted molar refractivity (Wildman–Crippen MR) is 159 cm³/mol. The van der Waals surface area contributed by atoms with Gasteiger partial charge in [0.05, 0.1) is 39.4 Å². The van der Waals surface area contributed by atoms with Gasteiger partial charge in [0, 0.05) is 31.7 Å². The maximum Gasteiger partial charge on any atom is 0.410 e. The Morgan fingerprint density at radius 3 is 2.93 bits per heavy atom. The number of rotatable bonds is 6. The lowest BCUT2D eigenvalue weighted by atomic mass is 10.2. The molecule has 2 fully saturated rings. The molecule has 12 heteroatoms. The van der Waals surface area contributed by atoms with Crippen LogP contribution < -0.4 is 15.4 Å². The van der Waals surface area contributed by atoms with Gasteiger partial charge in [0.1, 0.15) is 30.6 Å². The molecule has 2 saturated heterocycles. The normalized spacial score (nSPS) is 18.4. The molecule has 6 rings (SSSR count). The minimum Gasteiger partial charge on any atom is -0.487 e. The number of fused-ring (bicyclic) bond motifs is 1. The van der Waals surface area contributed by atoms with Crippen LogP contribution >= 0.6 is 22.9 Å². The van der Waals surface area contributed by atoms with Gasteiger partial charge in [0.2, 0.25) is 0 Å². The zero-order valence-electron chi connectivity index (χ0n) is 22.4. The number of ether oxygens (including phenoxy) is 3. The second-order valence-corrected chi connectivity index (χ2v) is 11.3. The number of amides is 1. The van der Waals surface area contributed by atoms with Crippen molar-refractivity contribution in [2.75, 3.05) is 38.2 Å². The number of morpholine rings is 1. The van der Waals surface area contributed by atoms with E-state index in [1.54, 1.807) is 29.2 Å². The number of anilines is 2. The standard InChI is InChI=1S/C30H27ClFN5O4S/c31-25-14-22(5-7-27(25)40-17-19-2-1-3-20(32)12-19)36-29-28-26(34-18-35-29)15-24(42-28)6-4-21-13-23(16-33-21)41-30(38)37-8-10-39-11-9-37/h1-3,5,7,12,14-15,18,21,23,33H,8-11,13,16-17H2,(H,34,35,36)/t21-,23-/m0/s1. The third kappa shape index (κ3) is 6.91. The first-order chi connectivity index (χ1) is 20.5. The SMILES string of the molecule is O=C(O[C@@H]1CN[C@@H](C#Cc2cc3ncnc(Nc4ccc(OCc5cccc(F)c5)c(Cl)c4)c3s2)C1)N1CCOCC1. The fourth-order valence-corrected chi connectivity index (χ4v) is 5.80. The van der Waals surface area contributed by atoms with Crippen molar-refractivity contribution in [3.8, 4) is 17.6 Å². The molecule has 0 radical (unpaired) electrons. The molecule has 0 unspecified atom stereocenters. The van der Waals surface area contributed by atoms with Gasteiger partial charge < -0.3 is 24.4 Å². The van der Waals surface area contributed by atoms with Gasteiger partial charge in [-0.1, -0.05) is 35.6 Å². The Labute approximate surface area is 251 Å². The summed E-state index contributed by atoms with van der Waals surface area (Å²) < 4.78 is 31.0. The van der Waals surface area contributed by atoms with Crippen LogP contribution in [0.25, 0.3) is 10.2 Å². The molecule has 42 heavy (non-hydrogen) atoms. The smallest absolute Gasteiger partial charge is 0.410 e. The summed E-state index contributed by atoms with van der Waals surface area (Å²) in [4.78, 5) is 23.7. The molecule has 216 valence electrons. The van der Waals surface area contributed by atoms with Gasteiger partial charge in [0.25, 0.3) is 0 Å². The summed E-state index contributed by atoms with van der Waals surface area (Å²) in [5.74, 6) is 7.30. The Hall–Kier alpha value is -3.95. The summed E-state index contributed by atoms with van der Waals surface area (Å²) in [7, 11) is 0. The number of carbonyl (C=O) groups is 1. The molecular weight excluding hydrogens is 581 g/mol. The number of thiophene rings is 1. The maximum absolute atomic E-state index is 13.4. The minimum atomic E-state index is -0.313. The number of hydrogen-bond acceptors (Lipinski definition) is 9. The van der Waals surface area contributed by atoms with E-state index in [9.17, 15) is 9.18 Å². The molecule has 2 N–H and O–H groups in total. The van der Waals surface area contributed by atoms with E-state index in [1.165, 1.54) is 29.8 Å². The number of hydrogen-bond donors (Lipinski definition) is 2. The molecule has 4 heterocycles. The van der Waals surface area contributed by atoms with Crippen LogP contribution in [0.3, 0.4) is 0 Å². The Kier molecular flexibility index (Phi) is 8.67. The third-order valence-corrected chi connectivity index (χ3v) is 8.13. The lowest BCUT2D eigenvalue weighted by molar-refractivity contribution is 0.0156. The molecule has 4 aromatic rings. The van der Waals surface area contributed by atoms with E-state index >= 15 is 0 Å². The number of benzene rings is 2. The lowest BCUT2D eigenvalue weighted by Crippen LogP contribution is -2.42. The summed E-state index contributed by atoms with van der Waals surface area (Å²) in [5.41, 5.74) is 2.22. The van der Waals surface area contributed by atoms with Crippen LogP contribution in [0, 0.1) is 17.7 Å². The van der Waals surface area contributed by atoms with Crippen molar-refractivity contribution in [3.63, 3.8) is 0 Å². The molecular formula is C30H27ClFN5O4S. The van der Waals surface area contributed by atoms with Gasteiger partial charge >= 0.3 is 6.09 Å². The van der Waals surface area contributed by atoms with Crippen LogP contribution in [0.1, 0.15) is 16.9 Å². The van der Waals surface area contributed by atoms with Crippen LogP contribution in [0.2, 0.25) is 5.02 Å². The minimum absolute atomic E-state index is 0.0785. The average molecular weight is 608 g/mol. The number of nitrogens with one attached hydrogen (secondary N) is 2. The summed E-state index contributed by atoms with van der Waals surface area (Å²) in [6.07, 6.45) is 1.62. The van der Waals surface area contributed by atoms with Crippen LogP contribution in [-0.4, -0.2) is 66.0 Å². The monoisotopic (exact) mass is 607 g/mol. The van der Waals surface area contributed by atoms with Crippen molar-refractivity contribution >= 4 is 50.8 Å². The quantitative estimate of drug-likeness (QED) is 0.283. The van der Waals surface area contributed by atoms with Crippen molar-refractivity contribution in [1.82, 2.24) is 20.2 Å². The van der Waals surface area contributed by atoms with Gasteiger partial charge in [-0.2, -0.15) is 0 Å². The first-order valence-electron chi connectivity index (χ1n) is 13.5. The van der Waals surface area contributed by atoms with Crippen LogP contribution in [0.4, 0.5) is 20.7 Å². The number of carbonyl (C=O) groups excluding carboxylic acids is 1. The highest BCUT2D eigenvalue weighted by molar-refractivity contribution is 7.20. The highest BCUT2D eigenvalue weighted by Crippen LogP contribution is 2.33. The van der Waals surface area contributed by atoms with E-state index in [4.69, 9.17) is 25.8 Å². The largest absolute Gasteiger partial charge is 0.487 e. The molecule has 0 saturated carbocycles. The van der Waals surface area contributed by atoms with Gasteiger partial charge in [-0.15, -0.1) is 11.3 Å². The Balaban J connectivity index is 1.07. The van der Waals surface area contributed by atoms with E-state index < -0.39 is 0 Å². The topological polar surface area (TPSA) is 97.8 Å². The molecule has 1 amide bonds. The molecule has 0 spiro atoms. The maximum atomic E-state index is 13.4. The van der Waals surface area contributed by atoms with Crippen molar-refractivity contribution in [2.45, 2.75) is 25.2 Å². The number of nitrogens with zero attached hydrogens (tertiary/aromatic N) is 3. The van der Waals surface area contributed by atoms with Crippen molar-refractivity contribution in [2.24, 2.45) is 0 Å². The average Bonchev–Trinajstić information content (AvgIpc) is 3.63. The highest BCUT2D eigenvalue weighted by Gasteiger charge is 2.28. The van der Waals surface area contributed by atoms with Gasteiger partial charge in [-0.3, -0.25) is 5.32 Å².